The largest absolute Gasteiger partial charge is 0.416 e. The van der Waals surface area contributed by atoms with E-state index in [1.807, 2.05) is 26.0 Å². The molecule has 1 saturated heterocycles. The number of rotatable bonds is 3. The monoisotopic (exact) mass is 499 g/mol. The fraction of sp³-hybridized carbons (Fsp3) is 0.273. The van der Waals surface area contributed by atoms with Crippen LogP contribution in [0.5, 0.6) is 0 Å². The SMILES string of the molecule is CC.O=C(Nc1ccc(C(F)(F)F)cc1)N1CC(n2cc(Cl)cn2)C(c2ccc(Cl)cc2)N1. The minimum atomic E-state index is -4.44. The van der Waals surface area contributed by atoms with Crippen LogP contribution in [0.2, 0.25) is 10.0 Å². The maximum Gasteiger partial charge on any atom is 0.416 e. The van der Waals surface area contributed by atoms with Crippen LogP contribution in [0.1, 0.15) is 37.1 Å². The molecule has 1 aromatic heterocycles. The summed E-state index contributed by atoms with van der Waals surface area (Å²) in [7, 11) is 0. The van der Waals surface area contributed by atoms with Crippen molar-refractivity contribution in [3.05, 3.63) is 82.1 Å². The summed E-state index contributed by atoms with van der Waals surface area (Å²) in [6.45, 7) is 4.25. The third kappa shape index (κ3) is 5.98. The van der Waals surface area contributed by atoms with E-state index in [0.717, 1.165) is 17.7 Å². The number of amides is 2. The molecule has 3 aromatic rings. The first-order valence-corrected chi connectivity index (χ1v) is 10.9. The zero-order chi connectivity index (χ0) is 24.2. The van der Waals surface area contributed by atoms with E-state index in [4.69, 9.17) is 23.2 Å². The van der Waals surface area contributed by atoms with E-state index in [-0.39, 0.29) is 24.3 Å². The lowest BCUT2D eigenvalue weighted by molar-refractivity contribution is -0.137. The average Bonchev–Trinajstić information content (AvgIpc) is 3.42. The lowest BCUT2D eigenvalue weighted by Gasteiger charge is -2.19. The number of carbonyl (C=O) groups is 1. The molecule has 0 saturated carbocycles. The van der Waals surface area contributed by atoms with Crippen LogP contribution in [0.4, 0.5) is 23.7 Å². The molecular formula is C22H22Cl2F3N5O. The number of hydrogen-bond acceptors (Lipinski definition) is 3. The van der Waals surface area contributed by atoms with Gasteiger partial charge in [0.2, 0.25) is 0 Å². The standard InChI is InChI=1S/C20H16Cl2F3N5O.C2H6/c21-14-5-1-12(2-6-14)18-17(29-10-15(22)9-26-29)11-30(28-18)19(31)27-16-7-3-13(4-8-16)20(23,24)25;1-2/h1-10,17-18,28H,11H2,(H,27,31);1-2H3. The van der Waals surface area contributed by atoms with Crippen molar-refractivity contribution in [3.63, 3.8) is 0 Å². The van der Waals surface area contributed by atoms with E-state index in [1.165, 1.54) is 23.3 Å². The van der Waals surface area contributed by atoms with Gasteiger partial charge in [-0.3, -0.25) is 9.69 Å². The number of halogens is 5. The Balaban J connectivity index is 0.00000149. The van der Waals surface area contributed by atoms with Gasteiger partial charge in [0.1, 0.15) is 0 Å². The van der Waals surface area contributed by atoms with Gasteiger partial charge in [-0.15, -0.1) is 0 Å². The van der Waals surface area contributed by atoms with Gasteiger partial charge in [-0.1, -0.05) is 49.2 Å². The summed E-state index contributed by atoms with van der Waals surface area (Å²) >= 11 is 12.0. The molecule has 1 aliphatic heterocycles. The highest BCUT2D eigenvalue weighted by Crippen LogP contribution is 2.34. The number of benzene rings is 2. The van der Waals surface area contributed by atoms with Gasteiger partial charge in [0.25, 0.3) is 0 Å². The molecule has 11 heteroatoms. The van der Waals surface area contributed by atoms with E-state index < -0.39 is 17.8 Å². The van der Waals surface area contributed by atoms with Crippen molar-refractivity contribution in [2.75, 3.05) is 11.9 Å². The molecule has 2 aromatic carbocycles. The number of hydrazine groups is 1. The Kier molecular flexibility index (Phi) is 7.88. The molecule has 6 nitrogen and oxygen atoms in total. The zero-order valence-corrected chi connectivity index (χ0v) is 19.3. The van der Waals surface area contributed by atoms with Crippen molar-refractivity contribution < 1.29 is 18.0 Å². The summed E-state index contributed by atoms with van der Waals surface area (Å²) < 4.78 is 39.9. The summed E-state index contributed by atoms with van der Waals surface area (Å²) in [5, 5.41) is 9.26. The Hall–Kier alpha value is -2.75. The minimum absolute atomic E-state index is 0.244. The Labute approximate surface area is 199 Å². The molecule has 2 unspecified atom stereocenters. The molecule has 1 aliphatic rings. The van der Waals surface area contributed by atoms with Crippen LogP contribution in [0.25, 0.3) is 0 Å². The average molecular weight is 500 g/mol. The van der Waals surface area contributed by atoms with Crippen LogP contribution in [-0.2, 0) is 6.18 Å². The van der Waals surface area contributed by atoms with Crippen LogP contribution in [0.3, 0.4) is 0 Å². The maximum atomic E-state index is 12.8. The number of aromatic nitrogens is 2. The molecule has 1 fully saturated rings. The zero-order valence-electron chi connectivity index (χ0n) is 17.8. The van der Waals surface area contributed by atoms with Crippen LogP contribution in [0.15, 0.2) is 60.9 Å². The van der Waals surface area contributed by atoms with E-state index in [1.54, 1.807) is 23.0 Å². The van der Waals surface area contributed by atoms with Crippen molar-refractivity contribution in [2.24, 2.45) is 0 Å². The first kappa shape index (κ1) is 24.9. The Morgan fingerprint density at radius 3 is 2.24 bits per heavy atom. The van der Waals surface area contributed by atoms with Gasteiger partial charge < -0.3 is 5.32 Å². The molecule has 0 radical (unpaired) electrons. The molecule has 4 rings (SSSR count). The lowest BCUT2D eigenvalue weighted by atomic mass is 10.0. The number of carbonyl (C=O) groups excluding carboxylic acids is 1. The second-order valence-electron chi connectivity index (χ2n) is 6.98. The summed E-state index contributed by atoms with van der Waals surface area (Å²) in [6.07, 6.45) is -1.28. The van der Waals surface area contributed by atoms with Gasteiger partial charge in [-0.2, -0.15) is 18.3 Å². The predicted molar refractivity (Wildman–Crippen MR) is 122 cm³/mol. The topological polar surface area (TPSA) is 62.2 Å². The van der Waals surface area contributed by atoms with Gasteiger partial charge in [0.15, 0.2) is 0 Å². The molecular weight excluding hydrogens is 478 g/mol. The maximum absolute atomic E-state index is 12.8. The van der Waals surface area contributed by atoms with Gasteiger partial charge in [0, 0.05) is 16.9 Å². The number of hydrogen-bond donors (Lipinski definition) is 2. The van der Waals surface area contributed by atoms with E-state index in [0.29, 0.717) is 10.0 Å². The Morgan fingerprint density at radius 2 is 1.70 bits per heavy atom. The summed E-state index contributed by atoms with van der Waals surface area (Å²) in [5.74, 6) is 0. The van der Waals surface area contributed by atoms with Crippen LogP contribution in [-0.4, -0.2) is 27.4 Å². The molecule has 2 N–H and O–H groups in total. The van der Waals surface area contributed by atoms with E-state index in [2.05, 4.69) is 15.8 Å². The molecule has 2 amide bonds. The lowest BCUT2D eigenvalue weighted by Crippen LogP contribution is -2.40. The first-order valence-electron chi connectivity index (χ1n) is 10.2. The van der Waals surface area contributed by atoms with Crippen LogP contribution < -0.4 is 10.7 Å². The van der Waals surface area contributed by atoms with Gasteiger partial charge in [0.05, 0.1) is 35.4 Å². The predicted octanol–water partition coefficient (Wildman–Crippen LogP) is 6.57. The van der Waals surface area contributed by atoms with Crippen LogP contribution in [0, 0.1) is 0 Å². The molecule has 33 heavy (non-hydrogen) atoms. The molecule has 176 valence electrons. The number of nitrogens with one attached hydrogen (secondary N) is 2. The third-order valence-electron chi connectivity index (χ3n) is 4.90. The highest BCUT2D eigenvalue weighted by Gasteiger charge is 2.38. The van der Waals surface area contributed by atoms with Crippen molar-refractivity contribution in [1.29, 1.82) is 0 Å². The number of urea groups is 1. The van der Waals surface area contributed by atoms with Crippen molar-refractivity contribution in [3.8, 4) is 0 Å². The molecule has 0 bridgehead atoms. The van der Waals surface area contributed by atoms with Gasteiger partial charge >= 0.3 is 12.2 Å². The highest BCUT2D eigenvalue weighted by molar-refractivity contribution is 6.30. The van der Waals surface area contributed by atoms with Crippen molar-refractivity contribution in [1.82, 2.24) is 20.2 Å². The Morgan fingerprint density at radius 1 is 1.06 bits per heavy atom. The van der Waals surface area contributed by atoms with Crippen molar-refractivity contribution in [2.45, 2.75) is 32.1 Å². The Bertz CT molecular complexity index is 1070. The molecule has 2 atom stereocenters. The van der Waals surface area contributed by atoms with E-state index >= 15 is 0 Å². The third-order valence-corrected chi connectivity index (χ3v) is 5.34. The number of nitrogens with zero attached hydrogens (tertiary/aromatic N) is 3. The smallest absolute Gasteiger partial charge is 0.307 e. The molecule has 2 heterocycles. The fourth-order valence-corrected chi connectivity index (χ4v) is 3.64. The first-order chi connectivity index (χ1) is 15.7. The van der Waals surface area contributed by atoms with Crippen LogP contribution >= 0.6 is 23.2 Å². The second-order valence-corrected chi connectivity index (χ2v) is 7.85. The number of alkyl halides is 3. The summed E-state index contributed by atoms with van der Waals surface area (Å²) in [5.41, 5.74) is 3.47. The van der Waals surface area contributed by atoms with Crippen molar-refractivity contribution >= 4 is 34.9 Å². The number of anilines is 1. The summed E-state index contributed by atoms with van der Waals surface area (Å²) in [4.78, 5) is 12.8. The molecule has 0 aliphatic carbocycles. The fourth-order valence-electron chi connectivity index (χ4n) is 3.37. The molecule has 0 spiro atoms. The second kappa shape index (κ2) is 10.5. The van der Waals surface area contributed by atoms with E-state index in [9.17, 15) is 18.0 Å². The van der Waals surface area contributed by atoms with Gasteiger partial charge in [-0.05, 0) is 42.0 Å². The normalized spacial score (nSPS) is 18.0. The quantitative estimate of drug-likeness (QED) is 0.428. The highest BCUT2D eigenvalue weighted by atomic mass is 35.5. The summed E-state index contributed by atoms with van der Waals surface area (Å²) in [6, 6.07) is 10.3. The van der Waals surface area contributed by atoms with Gasteiger partial charge in [-0.25, -0.2) is 10.2 Å². The minimum Gasteiger partial charge on any atom is -0.307 e.